The summed E-state index contributed by atoms with van der Waals surface area (Å²) >= 11 is 0. The lowest BCUT2D eigenvalue weighted by Crippen LogP contribution is -2.21. The van der Waals surface area contributed by atoms with Crippen LogP contribution in [0.25, 0.3) is 0 Å². The zero-order valence-corrected chi connectivity index (χ0v) is 9.15. The Labute approximate surface area is 95.4 Å². The highest BCUT2D eigenvalue weighted by atomic mass is 35.5. The molecule has 6 heteroatoms. The molecule has 0 saturated carbocycles. The number of rotatable bonds is 2. The Bertz CT molecular complexity index is 297. The Kier molecular flexibility index (Phi) is 8.23. The molecule has 0 unspecified atom stereocenters. The van der Waals surface area contributed by atoms with Crippen LogP contribution in [0.3, 0.4) is 0 Å². The molecule has 1 rings (SSSR count). The van der Waals surface area contributed by atoms with Gasteiger partial charge in [-0.15, -0.1) is 24.8 Å². The van der Waals surface area contributed by atoms with Gasteiger partial charge >= 0.3 is 0 Å². The van der Waals surface area contributed by atoms with E-state index in [0.29, 0.717) is 6.54 Å². The third-order valence-corrected chi connectivity index (χ3v) is 1.40. The van der Waals surface area contributed by atoms with Crippen LogP contribution in [0.5, 0.6) is 0 Å². The number of benzene rings is 1. The first-order chi connectivity index (χ1) is 5.72. The van der Waals surface area contributed by atoms with Gasteiger partial charge in [0.2, 0.25) is 0 Å². The van der Waals surface area contributed by atoms with Crippen molar-refractivity contribution >= 4 is 36.5 Å². The highest BCUT2D eigenvalue weighted by Gasteiger charge is 1.91. The maximum Gasteiger partial charge on any atom is 0.191 e. The molecule has 0 spiro atoms. The largest absolute Gasteiger partial charge is 0.370 e. The number of nitrogens with zero attached hydrogens (tertiary/aromatic N) is 1. The maximum atomic E-state index is 5.44. The SMILES string of the molecule is Cl.Cl.NCc1cccc(N=C(N)N)c1. The molecule has 0 heterocycles. The average molecular weight is 237 g/mol. The normalized spacial score (nSPS) is 8.07. The van der Waals surface area contributed by atoms with E-state index in [4.69, 9.17) is 17.2 Å². The van der Waals surface area contributed by atoms with E-state index in [1.807, 2.05) is 24.3 Å². The van der Waals surface area contributed by atoms with E-state index in [9.17, 15) is 0 Å². The van der Waals surface area contributed by atoms with E-state index in [1.54, 1.807) is 0 Å². The lowest BCUT2D eigenvalue weighted by Gasteiger charge is -1.98. The van der Waals surface area contributed by atoms with Crippen molar-refractivity contribution in [2.75, 3.05) is 0 Å². The summed E-state index contributed by atoms with van der Waals surface area (Å²) in [6.45, 7) is 0.494. The van der Waals surface area contributed by atoms with Crippen LogP contribution in [-0.2, 0) is 6.54 Å². The fourth-order valence-electron chi connectivity index (χ4n) is 0.902. The zero-order chi connectivity index (χ0) is 8.97. The minimum Gasteiger partial charge on any atom is -0.370 e. The second kappa shape index (κ2) is 7.44. The molecule has 0 bridgehead atoms. The molecular weight excluding hydrogens is 223 g/mol. The van der Waals surface area contributed by atoms with Gasteiger partial charge in [0, 0.05) is 6.54 Å². The Morgan fingerprint density at radius 1 is 1.21 bits per heavy atom. The van der Waals surface area contributed by atoms with Gasteiger partial charge < -0.3 is 17.2 Å². The molecule has 0 saturated heterocycles. The number of hydrogen-bond acceptors (Lipinski definition) is 2. The van der Waals surface area contributed by atoms with Gasteiger partial charge in [-0.3, -0.25) is 0 Å². The fourth-order valence-corrected chi connectivity index (χ4v) is 0.902. The van der Waals surface area contributed by atoms with Gasteiger partial charge in [-0.25, -0.2) is 4.99 Å². The van der Waals surface area contributed by atoms with E-state index in [0.717, 1.165) is 11.3 Å². The molecule has 1 aromatic rings. The average Bonchev–Trinajstić information content (AvgIpc) is 2.03. The Hall–Kier alpha value is -0.970. The smallest absolute Gasteiger partial charge is 0.191 e. The van der Waals surface area contributed by atoms with E-state index < -0.39 is 0 Å². The molecule has 0 amide bonds. The van der Waals surface area contributed by atoms with Crippen LogP contribution in [-0.4, -0.2) is 5.96 Å². The van der Waals surface area contributed by atoms with E-state index in [2.05, 4.69) is 4.99 Å². The summed E-state index contributed by atoms with van der Waals surface area (Å²) in [6.07, 6.45) is 0. The first-order valence-corrected chi connectivity index (χ1v) is 3.61. The molecule has 0 atom stereocenters. The highest BCUT2D eigenvalue weighted by Crippen LogP contribution is 2.12. The lowest BCUT2D eigenvalue weighted by molar-refractivity contribution is 1.07. The summed E-state index contributed by atoms with van der Waals surface area (Å²) in [5, 5.41) is 0. The molecule has 14 heavy (non-hydrogen) atoms. The first-order valence-electron chi connectivity index (χ1n) is 3.61. The number of aliphatic imine (C=N–C) groups is 1. The second-order valence-electron chi connectivity index (χ2n) is 2.41. The molecule has 0 aliphatic carbocycles. The molecule has 1 aromatic carbocycles. The summed E-state index contributed by atoms with van der Waals surface area (Å²) in [5.41, 5.74) is 17.6. The number of halogens is 2. The van der Waals surface area contributed by atoms with E-state index in [-0.39, 0.29) is 30.8 Å². The highest BCUT2D eigenvalue weighted by molar-refractivity contribution is 5.85. The van der Waals surface area contributed by atoms with Crippen molar-refractivity contribution in [1.29, 1.82) is 0 Å². The third kappa shape index (κ3) is 4.91. The van der Waals surface area contributed by atoms with Gasteiger partial charge in [0.15, 0.2) is 5.96 Å². The van der Waals surface area contributed by atoms with Crippen molar-refractivity contribution in [2.45, 2.75) is 6.54 Å². The minimum atomic E-state index is 0. The molecule has 0 fully saturated rings. The summed E-state index contributed by atoms with van der Waals surface area (Å²) in [4.78, 5) is 3.88. The number of nitrogens with two attached hydrogens (primary N) is 3. The Morgan fingerprint density at radius 3 is 2.36 bits per heavy atom. The maximum absolute atomic E-state index is 5.44. The summed E-state index contributed by atoms with van der Waals surface area (Å²) in [7, 11) is 0. The quantitative estimate of drug-likeness (QED) is 0.527. The first kappa shape index (κ1) is 15.5. The van der Waals surface area contributed by atoms with Crippen molar-refractivity contribution in [1.82, 2.24) is 0 Å². The fraction of sp³-hybridized carbons (Fsp3) is 0.125. The van der Waals surface area contributed by atoms with Crippen molar-refractivity contribution < 1.29 is 0 Å². The van der Waals surface area contributed by atoms with Gasteiger partial charge in [-0.05, 0) is 17.7 Å². The summed E-state index contributed by atoms with van der Waals surface area (Å²) in [5.74, 6) is 0.0594. The van der Waals surface area contributed by atoms with Crippen LogP contribution in [0.1, 0.15) is 5.56 Å². The van der Waals surface area contributed by atoms with Crippen LogP contribution in [0.2, 0.25) is 0 Å². The Balaban J connectivity index is 0. The predicted molar refractivity (Wildman–Crippen MR) is 64.3 cm³/mol. The van der Waals surface area contributed by atoms with Gasteiger partial charge in [0.1, 0.15) is 0 Å². The van der Waals surface area contributed by atoms with Gasteiger partial charge in [0.25, 0.3) is 0 Å². The lowest BCUT2D eigenvalue weighted by atomic mass is 10.2. The van der Waals surface area contributed by atoms with Crippen LogP contribution >= 0.6 is 24.8 Å². The standard InChI is InChI=1S/C8H12N4.2ClH/c9-5-6-2-1-3-7(4-6)12-8(10)11;;/h1-4H,5,9H2,(H4,10,11,12);2*1H. The third-order valence-electron chi connectivity index (χ3n) is 1.40. The van der Waals surface area contributed by atoms with Crippen molar-refractivity contribution in [3.8, 4) is 0 Å². The number of guanidine groups is 1. The summed E-state index contributed by atoms with van der Waals surface area (Å²) < 4.78 is 0. The molecule has 6 N–H and O–H groups in total. The second-order valence-corrected chi connectivity index (χ2v) is 2.41. The van der Waals surface area contributed by atoms with Gasteiger partial charge in [0.05, 0.1) is 5.69 Å². The predicted octanol–water partition coefficient (Wildman–Crippen LogP) is 0.894. The molecule has 0 radical (unpaired) electrons. The molecule has 0 aromatic heterocycles. The van der Waals surface area contributed by atoms with E-state index >= 15 is 0 Å². The Morgan fingerprint density at radius 2 is 1.86 bits per heavy atom. The monoisotopic (exact) mass is 236 g/mol. The van der Waals surface area contributed by atoms with Crippen molar-refractivity contribution in [3.63, 3.8) is 0 Å². The molecule has 0 aliphatic heterocycles. The minimum absolute atomic E-state index is 0. The molecule has 80 valence electrons. The van der Waals surface area contributed by atoms with Crippen LogP contribution in [0.4, 0.5) is 5.69 Å². The van der Waals surface area contributed by atoms with Crippen LogP contribution < -0.4 is 17.2 Å². The molecule has 0 aliphatic rings. The van der Waals surface area contributed by atoms with Crippen molar-refractivity contribution in [2.24, 2.45) is 22.2 Å². The van der Waals surface area contributed by atoms with Gasteiger partial charge in [-0.2, -0.15) is 0 Å². The molecular formula is C8H14Cl2N4. The summed E-state index contributed by atoms with van der Waals surface area (Å²) in [6, 6.07) is 7.45. The molecule has 4 nitrogen and oxygen atoms in total. The van der Waals surface area contributed by atoms with E-state index in [1.165, 1.54) is 0 Å². The zero-order valence-electron chi connectivity index (χ0n) is 7.51. The topological polar surface area (TPSA) is 90.4 Å². The van der Waals surface area contributed by atoms with Crippen molar-refractivity contribution in [3.05, 3.63) is 29.8 Å². The number of hydrogen-bond donors (Lipinski definition) is 3. The van der Waals surface area contributed by atoms with Gasteiger partial charge in [-0.1, -0.05) is 12.1 Å². The van der Waals surface area contributed by atoms with Crippen LogP contribution in [0, 0.1) is 0 Å². The van der Waals surface area contributed by atoms with Crippen LogP contribution in [0.15, 0.2) is 29.3 Å².